The third kappa shape index (κ3) is 10.0. The van der Waals surface area contributed by atoms with Gasteiger partial charge < -0.3 is 10.1 Å². The molecule has 1 N–H and O–H groups in total. The summed E-state index contributed by atoms with van der Waals surface area (Å²) < 4.78 is 87.7. The van der Waals surface area contributed by atoms with E-state index in [-0.39, 0.29) is 23.3 Å². The van der Waals surface area contributed by atoms with E-state index in [9.17, 15) is 30.7 Å². The summed E-state index contributed by atoms with van der Waals surface area (Å²) in [5.74, 6) is 0.683. The summed E-state index contributed by atoms with van der Waals surface area (Å²) in [4.78, 5) is 9.04. The first-order chi connectivity index (χ1) is 15.8. The lowest BCUT2D eigenvalue weighted by Crippen LogP contribution is -2.17. The fourth-order valence-electron chi connectivity index (χ4n) is 3.39. The molecule has 0 aromatic heterocycles. The summed E-state index contributed by atoms with van der Waals surface area (Å²) in [6.07, 6.45) is -3.73. The number of benzene rings is 2. The molecule has 1 atom stereocenters. The maximum atomic E-state index is 12.6. The Morgan fingerprint density at radius 3 is 1.76 bits per heavy atom. The standard InChI is InChI=1S/C11H11F6N.C11H13F.C2H3ClO/c1-6(18-2)7-3-8(10(12,13)14)5-9(4-7)11(15,16)17;12-11-7-5-10(6-8-11)9-3-1-2-4-9;3-1-2-4/h3-6,18H,1-2H3;5-9H,1-4H2;2H,1H2/t6-;;/m1../s1. The molecule has 1 aliphatic carbocycles. The number of nitrogens with one attached hydrogen (secondary N) is 1. The molecule has 0 heterocycles. The third-order valence-electron chi connectivity index (χ3n) is 5.30. The predicted molar refractivity (Wildman–Crippen MR) is 118 cm³/mol. The van der Waals surface area contributed by atoms with Crippen LogP contribution in [0.4, 0.5) is 30.7 Å². The Hall–Kier alpha value is -2.13. The first-order valence-corrected chi connectivity index (χ1v) is 11.1. The minimum Gasteiger partial charge on any atom is -0.313 e. The molecule has 1 saturated carbocycles. The molecule has 3 rings (SSSR count). The van der Waals surface area contributed by atoms with Gasteiger partial charge >= 0.3 is 12.4 Å². The Morgan fingerprint density at radius 2 is 1.41 bits per heavy atom. The van der Waals surface area contributed by atoms with Gasteiger partial charge in [0.05, 0.1) is 17.0 Å². The zero-order valence-electron chi connectivity index (χ0n) is 18.7. The van der Waals surface area contributed by atoms with Crippen LogP contribution in [0, 0.1) is 5.82 Å². The minimum atomic E-state index is -4.80. The Labute approximate surface area is 199 Å². The van der Waals surface area contributed by atoms with Crippen LogP contribution in [-0.2, 0) is 17.1 Å². The van der Waals surface area contributed by atoms with Crippen LogP contribution in [0.2, 0.25) is 0 Å². The average molecular weight is 514 g/mol. The van der Waals surface area contributed by atoms with E-state index >= 15 is 0 Å². The number of alkyl halides is 7. The van der Waals surface area contributed by atoms with E-state index < -0.39 is 29.5 Å². The van der Waals surface area contributed by atoms with E-state index in [0.717, 1.165) is 12.1 Å². The van der Waals surface area contributed by atoms with E-state index in [1.54, 1.807) is 12.1 Å². The lowest BCUT2D eigenvalue weighted by molar-refractivity contribution is -0.143. The van der Waals surface area contributed by atoms with Crippen LogP contribution in [0.25, 0.3) is 0 Å². The Kier molecular flexibility index (Phi) is 12.0. The molecule has 0 saturated heterocycles. The molecule has 1 aliphatic rings. The summed E-state index contributed by atoms with van der Waals surface area (Å²) in [6.45, 7) is 1.48. The third-order valence-corrected chi connectivity index (χ3v) is 5.43. The van der Waals surface area contributed by atoms with Gasteiger partial charge in [0, 0.05) is 6.04 Å². The minimum absolute atomic E-state index is 0.0559. The number of carbonyl (C=O) groups is 1. The SMILES string of the molecule is CN[C@H](C)c1cc(C(F)(F)F)cc(C(F)(F)F)c1.Fc1ccc(C2CCCC2)cc1.O=CCCl. The van der Waals surface area contributed by atoms with Crippen molar-refractivity contribution >= 4 is 17.9 Å². The molecule has 1 fully saturated rings. The normalized spacial score (nSPS) is 15.0. The van der Waals surface area contributed by atoms with Crippen molar-refractivity contribution in [3.63, 3.8) is 0 Å². The van der Waals surface area contributed by atoms with Crippen LogP contribution >= 0.6 is 11.6 Å². The summed E-state index contributed by atoms with van der Waals surface area (Å²) in [6, 6.07) is 7.92. The van der Waals surface area contributed by atoms with Crippen molar-refractivity contribution in [1.82, 2.24) is 5.32 Å². The largest absolute Gasteiger partial charge is 0.416 e. The molecular formula is C24H27ClF7NO. The zero-order valence-corrected chi connectivity index (χ0v) is 19.5. The molecule has 2 nitrogen and oxygen atoms in total. The predicted octanol–water partition coefficient (Wildman–Crippen LogP) is 7.91. The molecule has 0 spiro atoms. The number of halogens is 8. The summed E-state index contributed by atoms with van der Waals surface area (Å²) in [7, 11) is 1.46. The van der Waals surface area contributed by atoms with E-state index in [1.165, 1.54) is 45.2 Å². The second-order valence-corrected chi connectivity index (χ2v) is 8.01. The Morgan fingerprint density at radius 1 is 0.971 bits per heavy atom. The van der Waals surface area contributed by atoms with Gasteiger partial charge in [-0.25, -0.2) is 4.39 Å². The number of hydrogen-bond acceptors (Lipinski definition) is 2. The highest BCUT2D eigenvalue weighted by molar-refractivity contribution is 6.24. The smallest absolute Gasteiger partial charge is 0.313 e. The monoisotopic (exact) mass is 513 g/mol. The molecule has 0 bridgehead atoms. The lowest BCUT2D eigenvalue weighted by atomic mass is 9.98. The highest BCUT2D eigenvalue weighted by Crippen LogP contribution is 2.37. The van der Waals surface area contributed by atoms with Gasteiger partial charge in [0.25, 0.3) is 0 Å². The summed E-state index contributed by atoms with van der Waals surface area (Å²) in [5, 5.41) is 2.60. The molecule has 190 valence electrons. The first-order valence-electron chi connectivity index (χ1n) is 10.5. The van der Waals surface area contributed by atoms with Gasteiger partial charge in [-0.05, 0) is 74.2 Å². The fourth-order valence-corrected chi connectivity index (χ4v) is 3.39. The number of carbonyl (C=O) groups excluding carboxylic acids is 1. The molecule has 0 amide bonds. The van der Waals surface area contributed by atoms with Gasteiger partial charge in [-0.1, -0.05) is 25.0 Å². The van der Waals surface area contributed by atoms with Crippen molar-refractivity contribution in [2.45, 2.75) is 56.9 Å². The van der Waals surface area contributed by atoms with Crippen LogP contribution in [-0.4, -0.2) is 19.2 Å². The van der Waals surface area contributed by atoms with Gasteiger partial charge in [-0.2, -0.15) is 26.3 Å². The number of hydrogen-bond donors (Lipinski definition) is 1. The second-order valence-electron chi connectivity index (χ2n) is 7.70. The van der Waals surface area contributed by atoms with Crippen molar-refractivity contribution in [2.75, 3.05) is 12.9 Å². The van der Waals surface area contributed by atoms with E-state index in [0.29, 0.717) is 12.2 Å². The van der Waals surface area contributed by atoms with Crippen molar-refractivity contribution in [3.05, 3.63) is 70.5 Å². The molecule has 34 heavy (non-hydrogen) atoms. The van der Waals surface area contributed by atoms with Gasteiger partial charge in [0.1, 0.15) is 12.1 Å². The van der Waals surface area contributed by atoms with Crippen LogP contribution in [0.1, 0.15) is 66.8 Å². The zero-order chi connectivity index (χ0) is 25.9. The lowest BCUT2D eigenvalue weighted by Gasteiger charge is -2.17. The van der Waals surface area contributed by atoms with E-state index in [4.69, 9.17) is 16.4 Å². The quantitative estimate of drug-likeness (QED) is 0.256. The topological polar surface area (TPSA) is 29.1 Å². The molecule has 2 aromatic rings. The number of aldehydes is 1. The highest BCUT2D eigenvalue weighted by Gasteiger charge is 2.37. The van der Waals surface area contributed by atoms with E-state index in [2.05, 4.69) is 5.32 Å². The average Bonchev–Trinajstić information content (AvgIpc) is 3.33. The van der Waals surface area contributed by atoms with Crippen molar-refractivity contribution in [2.24, 2.45) is 0 Å². The number of rotatable bonds is 4. The fraction of sp³-hybridized carbons (Fsp3) is 0.458. The van der Waals surface area contributed by atoms with Crippen molar-refractivity contribution in [3.8, 4) is 0 Å². The Bertz CT molecular complexity index is 844. The Balaban J connectivity index is 0.000000309. The molecule has 0 radical (unpaired) electrons. The summed E-state index contributed by atoms with van der Waals surface area (Å²) >= 11 is 4.82. The highest BCUT2D eigenvalue weighted by atomic mass is 35.5. The van der Waals surface area contributed by atoms with Gasteiger partial charge in [0.2, 0.25) is 0 Å². The molecule has 0 aliphatic heterocycles. The van der Waals surface area contributed by atoms with Gasteiger partial charge in [0.15, 0.2) is 0 Å². The van der Waals surface area contributed by atoms with Crippen LogP contribution in [0.15, 0.2) is 42.5 Å². The first kappa shape index (κ1) is 29.9. The van der Waals surface area contributed by atoms with Gasteiger partial charge in [-0.3, -0.25) is 0 Å². The maximum Gasteiger partial charge on any atom is 0.416 e. The molecule has 0 unspecified atom stereocenters. The maximum absolute atomic E-state index is 12.6. The molecule has 2 aromatic carbocycles. The van der Waals surface area contributed by atoms with Crippen molar-refractivity contribution < 1.29 is 35.5 Å². The van der Waals surface area contributed by atoms with Crippen LogP contribution in [0.3, 0.4) is 0 Å². The van der Waals surface area contributed by atoms with Gasteiger partial charge in [-0.15, -0.1) is 11.6 Å². The van der Waals surface area contributed by atoms with Crippen LogP contribution < -0.4 is 5.32 Å². The summed E-state index contributed by atoms with van der Waals surface area (Å²) in [5.41, 5.74) is -1.34. The van der Waals surface area contributed by atoms with Crippen LogP contribution in [0.5, 0.6) is 0 Å². The van der Waals surface area contributed by atoms with Crippen molar-refractivity contribution in [1.29, 1.82) is 0 Å². The molecule has 10 heteroatoms. The van der Waals surface area contributed by atoms with E-state index in [1.807, 2.05) is 12.1 Å². The molecular weight excluding hydrogens is 487 g/mol. The second kappa shape index (κ2) is 13.7.